The van der Waals surface area contributed by atoms with E-state index in [1.807, 2.05) is 0 Å². The van der Waals surface area contributed by atoms with Gasteiger partial charge in [-0.1, -0.05) is 0 Å². The standard InChI is InChI=1S/C20H16FN5OS/c21-15-10-24-19(17-8-12-9-22-5-4-16(12)28-17)26-18(15)25-13-1-2-14-11(7-13)3-6-23-20(14)27/h1-3,6-8,10,22H,4-5,9H2,(H,23,27)(H,24,25,26). The van der Waals surface area contributed by atoms with Crippen LogP contribution in [-0.4, -0.2) is 21.5 Å². The Hall–Kier alpha value is -3.10. The number of nitrogens with zero attached hydrogens (tertiary/aromatic N) is 2. The molecule has 4 heterocycles. The Labute approximate surface area is 163 Å². The third kappa shape index (κ3) is 3.06. The van der Waals surface area contributed by atoms with E-state index in [0.29, 0.717) is 16.9 Å². The highest BCUT2D eigenvalue weighted by molar-refractivity contribution is 7.15. The molecule has 3 aromatic heterocycles. The number of benzene rings is 1. The van der Waals surface area contributed by atoms with Crippen LogP contribution in [0.1, 0.15) is 10.4 Å². The Balaban J connectivity index is 1.49. The Kier molecular flexibility index (Phi) is 4.14. The molecular weight excluding hydrogens is 377 g/mol. The number of anilines is 2. The van der Waals surface area contributed by atoms with Gasteiger partial charge in [0, 0.05) is 35.2 Å². The van der Waals surface area contributed by atoms with E-state index in [4.69, 9.17) is 0 Å². The fourth-order valence-electron chi connectivity index (χ4n) is 3.34. The van der Waals surface area contributed by atoms with Gasteiger partial charge in [0.1, 0.15) is 0 Å². The minimum atomic E-state index is -0.530. The number of halogens is 1. The second-order valence-electron chi connectivity index (χ2n) is 6.61. The van der Waals surface area contributed by atoms with Crippen molar-refractivity contribution in [1.82, 2.24) is 20.3 Å². The largest absolute Gasteiger partial charge is 0.338 e. The molecule has 3 N–H and O–H groups in total. The average molecular weight is 393 g/mol. The number of fused-ring (bicyclic) bond motifs is 2. The normalized spacial score (nSPS) is 13.5. The van der Waals surface area contributed by atoms with Crippen molar-refractivity contribution in [2.45, 2.75) is 13.0 Å². The molecule has 0 aliphatic carbocycles. The SMILES string of the molecule is O=c1[nH]ccc2cc(Nc3nc(-c4cc5c(s4)CCNC5)ncc3F)ccc12. The Morgan fingerprint density at radius 3 is 3.04 bits per heavy atom. The minimum Gasteiger partial charge on any atom is -0.338 e. The van der Waals surface area contributed by atoms with Crippen LogP contribution in [0.3, 0.4) is 0 Å². The molecule has 0 saturated heterocycles. The van der Waals surface area contributed by atoms with Crippen molar-refractivity contribution in [3.05, 3.63) is 69.3 Å². The number of aromatic nitrogens is 3. The summed E-state index contributed by atoms with van der Waals surface area (Å²) in [4.78, 5) is 25.3. The molecule has 8 heteroatoms. The molecule has 1 aromatic carbocycles. The molecule has 6 nitrogen and oxygen atoms in total. The summed E-state index contributed by atoms with van der Waals surface area (Å²) in [6.45, 7) is 1.81. The molecule has 0 fully saturated rings. The van der Waals surface area contributed by atoms with Crippen LogP contribution >= 0.6 is 11.3 Å². The van der Waals surface area contributed by atoms with Crippen LogP contribution in [0.15, 0.2) is 47.5 Å². The number of thiophene rings is 1. The van der Waals surface area contributed by atoms with E-state index in [-0.39, 0.29) is 11.4 Å². The third-order valence-corrected chi connectivity index (χ3v) is 5.97. The highest BCUT2D eigenvalue weighted by atomic mass is 32.1. The Bertz CT molecular complexity index is 1230. The minimum absolute atomic E-state index is 0.110. The van der Waals surface area contributed by atoms with Crippen molar-refractivity contribution in [1.29, 1.82) is 0 Å². The number of aromatic amines is 1. The van der Waals surface area contributed by atoms with Gasteiger partial charge in [-0.15, -0.1) is 11.3 Å². The van der Waals surface area contributed by atoms with Gasteiger partial charge in [-0.25, -0.2) is 14.4 Å². The molecule has 0 amide bonds. The quantitative estimate of drug-likeness (QED) is 0.496. The van der Waals surface area contributed by atoms with Crippen molar-refractivity contribution in [3.63, 3.8) is 0 Å². The van der Waals surface area contributed by atoms with Gasteiger partial charge in [-0.3, -0.25) is 4.79 Å². The lowest BCUT2D eigenvalue weighted by Crippen LogP contribution is -2.21. The number of pyridine rings is 1. The molecule has 1 aliphatic heterocycles. The zero-order valence-corrected chi connectivity index (χ0v) is 15.6. The number of H-pyrrole nitrogens is 1. The van der Waals surface area contributed by atoms with Crippen LogP contribution in [0.2, 0.25) is 0 Å². The number of nitrogens with one attached hydrogen (secondary N) is 3. The highest BCUT2D eigenvalue weighted by Gasteiger charge is 2.17. The number of rotatable bonds is 3. The van der Waals surface area contributed by atoms with Crippen LogP contribution in [0.25, 0.3) is 21.5 Å². The average Bonchev–Trinajstić information content (AvgIpc) is 3.14. The van der Waals surface area contributed by atoms with Crippen molar-refractivity contribution < 1.29 is 4.39 Å². The predicted molar refractivity (Wildman–Crippen MR) is 109 cm³/mol. The summed E-state index contributed by atoms with van der Waals surface area (Å²) in [7, 11) is 0. The molecule has 0 bridgehead atoms. The summed E-state index contributed by atoms with van der Waals surface area (Å²) in [6.07, 6.45) is 3.77. The van der Waals surface area contributed by atoms with Crippen LogP contribution in [0.5, 0.6) is 0 Å². The highest BCUT2D eigenvalue weighted by Crippen LogP contribution is 2.32. The summed E-state index contributed by atoms with van der Waals surface area (Å²) < 4.78 is 14.3. The molecule has 0 spiro atoms. The number of hydrogen-bond donors (Lipinski definition) is 3. The van der Waals surface area contributed by atoms with Crippen LogP contribution in [-0.2, 0) is 13.0 Å². The number of hydrogen-bond acceptors (Lipinski definition) is 6. The molecule has 140 valence electrons. The molecular formula is C20H16FN5OS. The molecule has 5 rings (SSSR count). The summed E-state index contributed by atoms with van der Waals surface area (Å²) >= 11 is 1.66. The van der Waals surface area contributed by atoms with E-state index >= 15 is 0 Å². The molecule has 0 unspecified atom stereocenters. The maximum atomic E-state index is 14.3. The first-order chi connectivity index (χ1) is 13.7. The van der Waals surface area contributed by atoms with Gasteiger partial charge in [-0.2, -0.15) is 0 Å². The van der Waals surface area contributed by atoms with Gasteiger partial charge < -0.3 is 15.6 Å². The molecule has 0 atom stereocenters. The molecule has 0 saturated carbocycles. The Morgan fingerprint density at radius 1 is 1.21 bits per heavy atom. The summed E-state index contributed by atoms with van der Waals surface area (Å²) in [6, 6.07) is 9.10. The summed E-state index contributed by atoms with van der Waals surface area (Å²) in [5.74, 6) is 0.0805. The van der Waals surface area contributed by atoms with Crippen LogP contribution in [0, 0.1) is 5.82 Å². The van der Waals surface area contributed by atoms with Crippen LogP contribution < -0.4 is 16.2 Å². The second kappa shape index (κ2) is 6.81. The lowest BCUT2D eigenvalue weighted by Gasteiger charge is -2.10. The first-order valence-corrected chi connectivity index (χ1v) is 9.73. The van der Waals surface area contributed by atoms with Gasteiger partial charge in [-0.05, 0) is 47.7 Å². The smallest absolute Gasteiger partial charge is 0.255 e. The second-order valence-corrected chi connectivity index (χ2v) is 7.75. The Morgan fingerprint density at radius 2 is 2.14 bits per heavy atom. The van der Waals surface area contributed by atoms with Crippen molar-refractivity contribution in [2.75, 3.05) is 11.9 Å². The topological polar surface area (TPSA) is 82.7 Å². The predicted octanol–water partition coefficient (Wildman–Crippen LogP) is 3.58. The third-order valence-electron chi connectivity index (χ3n) is 4.74. The fraction of sp³-hybridized carbons (Fsp3) is 0.150. The van der Waals surface area contributed by atoms with E-state index in [9.17, 15) is 9.18 Å². The zero-order valence-electron chi connectivity index (χ0n) is 14.8. The van der Waals surface area contributed by atoms with Crippen molar-refractivity contribution in [2.24, 2.45) is 0 Å². The zero-order chi connectivity index (χ0) is 19.1. The van der Waals surface area contributed by atoms with E-state index in [1.54, 1.807) is 41.8 Å². The molecule has 28 heavy (non-hydrogen) atoms. The van der Waals surface area contributed by atoms with Crippen molar-refractivity contribution >= 4 is 33.6 Å². The first-order valence-electron chi connectivity index (χ1n) is 8.91. The first kappa shape index (κ1) is 17.0. The van der Waals surface area contributed by atoms with E-state index in [1.165, 1.54) is 16.6 Å². The van der Waals surface area contributed by atoms with E-state index in [2.05, 4.69) is 31.7 Å². The fourth-order valence-corrected chi connectivity index (χ4v) is 4.47. The summed E-state index contributed by atoms with van der Waals surface area (Å²) in [5, 5.41) is 7.70. The van der Waals surface area contributed by atoms with Gasteiger partial charge >= 0.3 is 0 Å². The monoisotopic (exact) mass is 393 g/mol. The van der Waals surface area contributed by atoms with Gasteiger partial charge in [0.25, 0.3) is 5.56 Å². The van der Waals surface area contributed by atoms with Gasteiger partial charge in [0.05, 0.1) is 11.1 Å². The molecule has 1 aliphatic rings. The van der Waals surface area contributed by atoms with E-state index < -0.39 is 5.82 Å². The van der Waals surface area contributed by atoms with Gasteiger partial charge in [0.15, 0.2) is 17.5 Å². The summed E-state index contributed by atoms with van der Waals surface area (Å²) in [5.41, 5.74) is 1.75. The van der Waals surface area contributed by atoms with Crippen LogP contribution in [0.4, 0.5) is 15.9 Å². The van der Waals surface area contributed by atoms with Crippen molar-refractivity contribution in [3.8, 4) is 10.7 Å². The maximum absolute atomic E-state index is 14.3. The lowest BCUT2D eigenvalue weighted by molar-refractivity contribution is 0.619. The maximum Gasteiger partial charge on any atom is 0.255 e. The lowest BCUT2D eigenvalue weighted by atomic mass is 10.1. The molecule has 4 aromatic rings. The molecule has 0 radical (unpaired) electrons. The van der Waals surface area contributed by atoms with E-state index in [0.717, 1.165) is 29.8 Å². The van der Waals surface area contributed by atoms with Gasteiger partial charge in [0.2, 0.25) is 0 Å².